The van der Waals surface area contributed by atoms with Crippen LogP contribution < -0.4 is 19.7 Å². The van der Waals surface area contributed by atoms with Gasteiger partial charge in [-0.05, 0) is 54.8 Å². The van der Waals surface area contributed by atoms with Crippen LogP contribution >= 0.6 is 0 Å². The van der Waals surface area contributed by atoms with Crippen LogP contribution in [0.5, 0.6) is 5.75 Å². The van der Waals surface area contributed by atoms with E-state index in [0.717, 1.165) is 16.4 Å². The summed E-state index contributed by atoms with van der Waals surface area (Å²) in [5, 5.41) is 5.25. The lowest BCUT2D eigenvalue weighted by molar-refractivity contribution is -0.119. The summed E-state index contributed by atoms with van der Waals surface area (Å²) >= 11 is 0. The molecule has 1 heterocycles. The van der Waals surface area contributed by atoms with Gasteiger partial charge in [-0.15, -0.1) is 0 Å². The lowest BCUT2D eigenvalue weighted by Crippen LogP contribution is -2.48. The van der Waals surface area contributed by atoms with Crippen LogP contribution in [-0.4, -0.2) is 45.7 Å². The number of anilines is 2. The van der Waals surface area contributed by atoms with Crippen molar-refractivity contribution in [3.8, 4) is 5.75 Å². The first kappa shape index (κ1) is 26.3. The molecule has 0 radical (unpaired) electrons. The monoisotopic (exact) mass is 507 g/mol. The Morgan fingerprint density at radius 1 is 1.20 bits per heavy atom. The van der Waals surface area contributed by atoms with E-state index in [0.29, 0.717) is 5.69 Å². The van der Waals surface area contributed by atoms with Crippen molar-refractivity contribution < 1.29 is 31.9 Å². The number of nitrogens with one attached hydrogen (secondary N) is 2. The molecule has 0 fully saturated rings. The SMILES string of the molecule is CC(=O)NC[C@H]1CN(S(=O)(=O)c2ccc(F)cc2)c2cc(NC(=O)O[C@H](C)C(C)(C)C)ccc2O1. The van der Waals surface area contributed by atoms with Crippen LogP contribution in [0, 0.1) is 11.2 Å². The summed E-state index contributed by atoms with van der Waals surface area (Å²) in [5.41, 5.74) is 0.234. The summed E-state index contributed by atoms with van der Waals surface area (Å²) in [4.78, 5) is 23.7. The van der Waals surface area contributed by atoms with Gasteiger partial charge in [0.25, 0.3) is 10.0 Å². The van der Waals surface area contributed by atoms with E-state index in [9.17, 15) is 22.4 Å². The molecular weight excluding hydrogens is 477 g/mol. The summed E-state index contributed by atoms with van der Waals surface area (Å²) in [5.74, 6) is -0.599. The van der Waals surface area contributed by atoms with Crippen molar-refractivity contribution in [1.29, 1.82) is 0 Å². The Hall–Kier alpha value is -3.34. The van der Waals surface area contributed by atoms with Gasteiger partial charge in [-0.3, -0.25) is 14.4 Å². The predicted octanol–water partition coefficient (Wildman–Crippen LogP) is 3.90. The zero-order valence-corrected chi connectivity index (χ0v) is 21.1. The van der Waals surface area contributed by atoms with E-state index in [-0.39, 0.29) is 46.8 Å². The maximum absolute atomic E-state index is 13.5. The highest BCUT2D eigenvalue weighted by Gasteiger charge is 2.35. The zero-order valence-electron chi connectivity index (χ0n) is 20.3. The second-order valence-corrected chi connectivity index (χ2v) is 11.3. The van der Waals surface area contributed by atoms with Crippen molar-refractivity contribution >= 4 is 33.4 Å². The first-order valence-corrected chi connectivity index (χ1v) is 12.5. The molecule has 2 aromatic rings. The molecule has 0 spiro atoms. The van der Waals surface area contributed by atoms with Gasteiger partial charge in [-0.25, -0.2) is 17.6 Å². The Kier molecular flexibility index (Phi) is 7.59. The highest BCUT2D eigenvalue weighted by atomic mass is 32.2. The molecule has 3 rings (SSSR count). The molecular formula is C24H30FN3O6S. The van der Waals surface area contributed by atoms with Crippen LogP contribution in [0.25, 0.3) is 0 Å². The molecule has 2 aromatic carbocycles. The van der Waals surface area contributed by atoms with Crippen LogP contribution in [0.3, 0.4) is 0 Å². The number of hydrogen-bond acceptors (Lipinski definition) is 6. The van der Waals surface area contributed by atoms with Crippen LogP contribution in [0.2, 0.25) is 0 Å². The Balaban J connectivity index is 1.93. The molecule has 2 atom stereocenters. The number of rotatable bonds is 6. The number of carbonyl (C=O) groups excluding carboxylic acids is 2. The van der Waals surface area contributed by atoms with Gasteiger partial charge in [-0.2, -0.15) is 0 Å². The van der Waals surface area contributed by atoms with Gasteiger partial charge in [0.15, 0.2) is 0 Å². The number of ether oxygens (including phenoxy) is 2. The number of amides is 2. The van der Waals surface area contributed by atoms with E-state index in [1.807, 2.05) is 20.8 Å². The summed E-state index contributed by atoms with van der Waals surface area (Å²) in [6, 6.07) is 9.04. The third-order valence-corrected chi connectivity index (χ3v) is 7.41. The van der Waals surface area contributed by atoms with Crippen molar-refractivity contribution in [2.45, 2.75) is 51.7 Å². The standard InChI is InChI=1S/C24H30FN3O6S/c1-15(24(3,4)5)33-23(30)27-18-8-11-22-21(12-18)28(14-19(34-22)13-26-16(2)29)35(31,32)20-9-6-17(25)7-10-20/h6-12,15,19H,13-14H2,1-5H3,(H,26,29)(H,27,30)/t15-,19+/m1/s1. The Bertz CT molecular complexity index is 1190. The van der Waals surface area contributed by atoms with Crippen LogP contribution in [0.4, 0.5) is 20.6 Å². The molecule has 190 valence electrons. The van der Waals surface area contributed by atoms with Crippen LogP contribution in [0.15, 0.2) is 47.4 Å². The van der Waals surface area contributed by atoms with E-state index in [2.05, 4.69) is 10.6 Å². The number of hydrogen-bond donors (Lipinski definition) is 2. The lowest BCUT2D eigenvalue weighted by atomic mass is 9.90. The molecule has 0 saturated carbocycles. The van der Waals surface area contributed by atoms with Gasteiger partial charge in [0.1, 0.15) is 23.8 Å². The van der Waals surface area contributed by atoms with Crippen molar-refractivity contribution in [2.75, 3.05) is 22.7 Å². The summed E-state index contributed by atoms with van der Waals surface area (Å²) in [6.45, 7) is 8.93. The minimum atomic E-state index is -4.12. The smallest absolute Gasteiger partial charge is 0.411 e. The number of halogens is 1. The van der Waals surface area contributed by atoms with Crippen molar-refractivity contribution in [3.05, 3.63) is 48.3 Å². The maximum Gasteiger partial charge on any atom is 0.411 e. The average molecular weight is 508 g/mol. The third-order valence-electron chi connectivity index (χ3n) is 5.62. The molecule has 35 heavy (non-hydrogen) atoms. The maximum atomic E-state index is 13.5. The second kappa shape index (κ2) is 10.1. The fraction of sp³-hybridized carbons (Fsp3) is 0.417. The van der Waals surface area contributed by atoms with Gasteiger partial charge in [0.2, 0.25) is 5.91 Å². The highest BCUT2D eigenvalue weighted by molar-refractivity contribution is 7.92. The Labute approximate surface area is 204 Å². The number of carbonyl (C=O) groups is 2. The van der Waals surface area contributed by atoms with Gasteiger partial charge >= 0.3 is 6.09 Å². The van der Waals surface area contributed by atoms with Crippen LogP contribution in [0.1, 0.15) is 34.6 Å². The fourth-order valence-electron chi connectivity index (χ4n) is 3.20. The summed E-state index contributed by atoms with van der Waals surface area (Å²) < 4.78 is 52.8. The lowest BCUT2D eigenvalue weighted by Gasteiger charge is -2.35. The fourth-order valence-corrected chi connectivity index (χ4v) is 4.70. The topological polar surface area (TPSA) is 114 Å². The molecule has 0 saturated heterocycles. The van der Waals surface area contributed by atoms with Crippen LogP contribution in [-0.2, 0) is 19.6 Å². The molecule has 9 nitrogen and oxygen atoms in total. The third kappa shape index (κ3) is 6.41. The first-order chi connectivity index (χ1) is 16.3. The largest absolute Gasteiger partial charge is 0.484 e. The van der Waals surface area contributed by atoms with E-state index in [1.54, 1.807) is 13.0 Å². The van der Waals surface area contributed by atoms with Gasteiger partial charge in [-0.1, -0.05) is 20.8 Å². The molecule has 1 aliphatic heterocycles. The second-order valence-electron chi connectivity index (χ2n) is 9.39. The molecule has 11 heteroatoms. The highest BCUT2D eigenvalue weighted by Crippen LogP contribution is 2.39. The molecule has 0 aliphatic carbocycles. The Morgan fingerprint density at radius 2 is 1.86 bits per heavy atom. The minimum absolute atomic E-state index is 0.0846. The van der Waals surface area contributed by atoms with Gasteiger partial charge < -0.3 is 14.8 Å². The van der Waals surface area contributed by atoms with Gasteiger partial charge in [0.05, 0.1) is 23.7 Å². The number of benzene rings is 2. The van der Waals surface area contributed by atoms with E-state index < -0.39 is 28.0 Å². The average Bonchev–Trinajstić information content (AvgIpc) is 2.76. The predicted molar refractivity (Wildman–Crippen MR) is 129 cm³/mol. The van der Waals surface area contributed by atoms with E-state index in [1.165, 1.54) is 31.2 Å². The van der Waals surface area contributed by atoms with E-state index >= 15 is 0 Å². The summed E-state index contributed by atoms with van der Waals surface area (Å²) in [7, 11) is -4.12. The molecule has 0 unspecified atom stereocenters. The number of sulfonamides is 1. The van der Waals surface area contributed by atoms with Crippen molar-refractivity contribution in [2.24, 2.45) is 5.41 Å². The molecule has 2 amide bonds. The number of fused-ring (bicyclic) bond motifs is 1. The van der Waals surface area contributed by atoms with Crippen molar-refractivity contribution in [3.63, 3.8) is 0 Å². The molecule has 2 N–H and O–H groups in total. The normalized spacial score (nSPS) is 16.5. The van der Waals surface area contributed by atoms with E-state index in [4.69, 9.17) is 9.47 Å². The first-order valence-electron chi connectivity index (χ1n) is 11.1. The van der Waals surface area contributed by atoms with Gasteiger partial charge in [0, 0.05) is 12.6 Å². The minimum Gasteiger partial charge on any atom is -0.484 e. The zero-order chi connectivity index (χ0) is 26.0. The molecule has 0 bridgehead atoms. The van der Waals surface area contributed by atoms with Crippen molar-refractivity contribution in [1.82, 2.24) is 5.32 Å². The Morgan fingerprint density at radius 3 is 2.46 bits per heavy atom. The number of nitrogens with zero attached hydrogens (tertiary/aromatic N) is 1. The molecule has 0 aromatic heterocycles. The summed E-state index contributed by atoms with van der Waals surface area (Å²) in [6.07, 6.45) is -1.72. The quantitative estimate of drug-likeness (QED) is 0.613. The molecule has 1 aliphatic rings.